The molecule has 1 aromatic heterocycles. The molecule has 0 unspecified atom stereocenters. The molecule has 0 saturated carbocycles. The molecular weight excluding hydrogens is 314 g/mol. The average Bonchev–Trinajstić information content (AvgIpc) is 3.11. The van der Waals surface area contributed by atoms with E-state index in [1.807, 2.05) is 24.3 Å². The van der Waals surface area contributed by atoms with Gasteiger partial charge in [0.1, 0.15) is 12.4 Å². The minimum absolute atomic E-state index is 0.469. The van der Waals surface area contributed by atoms with Crippen molar-refractivity contribution in [1.29, 1.82) is 5.26 Å². The molecule has 0 radical (unpaired) electrons. The molecule has 2 heterocycles. The summed E-state index contributed by atoms with van der Waals surface area (Å²) in [6, 6.07) is 13.8. The number of anilines is 1. The Morgan fingerprint density at radius 1 is 1.32 bits per heavy atom. The predicted octanol–water partition coefficient (Wildman–Crippen LogP) is 2.33. The first-order valence-corrected chi connectivity index (χ1v) is 8.62. The fourth-order valence-corrected chi connectivity index (χ4v) is 3.17. The van der Waals surface area contributed by atoms with Crippen LogP contribution in [0.2, 0.25) is 0 Å². The molecule has 1 aliphatic heterocycles. The Hall–Kier alpha value is -2.65. The lowest BCUT2D eigenvalue weighted by Gasteiger charge is -2.29. The third-order valence-electron chi connectivity index (χ3n) is 4.48. The van der Waals surface area contributed by atoms with Gasteiger partial charge in [-0.25, -0.2) is 0 Å². The summed E-state index contributed by atoms with van der Waals surface area (Å²) in [7, 11) is 2.12. The number of nitriles is 1. The van der Waals surface area contributed by atoms with Crippen LogP contribution in [0, 0.1) is 11.3 Å². The van der Waals surface area contributed by atoms with E-state index in [4.69, 9.17) is 10.00 Å². The van der Waals surface area contributed by atoms with E-state index in [2.05, 4.69) is 33.1 Å². The summed E-state index contributed by atoms with van der Waals surface area (Å²) in [5.74, 6) is 1.77. The second-order valence-electron chi connectivity index (χ2n) is 6.32. The van der Waals surface area contributed by atoms with Gasteiger partial charge >= 0.3 is 0 Å². The lowest BCUT2D eigenvalue weighted by molar-refractivity contribution is 0.229. The maximum absolute atomic E-state index is 8.81. The van der Waals surface area contributed by atoms with Crippen LogP contribution in [0.4, 0.5) is 5.82 Å². The van der Waals surface area contributed by atoms with Gasteiger partial charge < -0.3 is 14.5 Å². The molecule has 25 heavy (non-hydrogen) atoms. The third kappa shape index (κ3) is 4.68. The van der Waals surface area contributed by atoms with Gasteiger partial charge in [0.15, 0.2) is 5.82 Å². The summed E-state index contributed by atoms with van der Waals surface area (Å²) in [5.41, 5.74) is 0.648. The molecule has 6 nitrogen and oxygen atoms in total. The summed E-state index contributed by atoms with van der Waals surface area (Å²) in [4.78, 5) is 4.65. The fraction of sp³-hybridized carbons (Fsp3) is 0.421. The molecule has 0 spiro atoms. The molecule has 3 rings (SSSR count). The minimum Gasteiger partial charge on any atom is -0.492 e. The van der Waals surface area contributed by atoms with Gasteiger partial charge in [0.05, 0.1) is 11.6 Å². The van der Waals surface area contributed by atoms with Crippen molar-refractivity contribution in [2.75, 3.05) is 38.2 Å². The molecule has 2 aromatic rings. The normalized spacial score (nSPS) is 16.8. The van der Waals surface area contributed by atoms with Crippen molar-refractivity contribution in [3.63, 3.8) is 0 Å². The zero-order valence-corrected chi connectivity index (χ0v) is 14.5. The summed E-state index contributed by atoms with van der Waals surface area (Å²) < 4.78 is 5.77. The Morgan fingerprint density at radius 2 is 2.16 bits per heavy atom. The van der Waals surface area contributed by atoms with Crippen molar-refractivity contribution in [2.24, 2.45) is 0 Å². The second-order valence-corrected chi connectivity index (χ2v) is 6.32. The van der Waals surface area contributed by atoms with Crippen molar-refractivity contribution in [2.45, 2.75) is 18.9 Å². The number of benzene rings is 1. The van der Waals surface area contributed by atoms with Crippen molar-refractivity contribution >= 4 is 5.82 Å². The van der Waals surface area contributed by atoms with Crippen LogP contribution in [0.1, 0.15) is 18.4 Å². The predicted molar refractivity (Wildman–Crippen MR) is 96.5 cm³/mol. The van der Waals surface area contributed by atoms with Gasteiger partial charge in [0.25, 0.3) is 0 Å². The molecule has 1 saturated heterocycles. The topological polar surface area (TPSA) is 65.3 Å². The van der Waals surface area contributed by atoms with Gasteiger partial charge in [-0.2, -0.15) is 10.4 Å². The molecule has 1 fully saturated rings. The number of ether oxygens (including phenoxy) is 1. The molecule has 0 amide bonds. The van der Waals surface area contributed by atoms with Crippen LogP contribution in [0.15, 0.2) is 42.6 Å². The van der Waals surface area contributed by atoms with E-state index in [9.17, 15) is 0 Å². The molecule has 130 valence electrons. The number of rotatable bonds is 7. The summed E-state index contributed by atoms with van der Waals surface area (Å²) in [6.07, 6.45) is 4.08. The highest BCUT2D eigenvalue weighted by Gasteiger charge is 2.26. The lowest BCUT2D eigenvalue weighted by Crippen LogP contribution is -2.40. The van der Waals surface area contributed by atoms with E-state index in [0.717, 1.165) is 31.2 Å². The largest absolute Gasteiger partial charge is 0.492 e. The SMILES string of the molecule is CN(CCOc1ccc(C#N)cc1)C[C@@H]1CCCN1c1cccnn1. The first-order valence-electron chi connectivity index (χ1n) is 8.62. The van der Waals surface area contributed by atoms with Crippen LogP contribution >= 0.6 is 0 Å². The maximum Gasteiger partial charge on any atom is 0.151 e. The van der Waals surface area contributed by atoms with Gasteiger partial charge in [0, 0.05) is 31.9 Å². The monoisotopic (exact) mass is 337 g/mol. The lowest BCUT2D eigenvalue weighted by atomic mass is 10.2. The number of likely N-dealkylation sites (N-methyl/N-ethyl adjacent to an activating group) is 1. The standard InChI is InChI=1S/C19H23N5O/c1-23(12-13-25-18-8-6-16(14-20)7-9-18)15-17-4-3-11-24(17)19-5-2-10-21-22-19/h2,5-10,17H,3-4,11-13,15H2,1H3/t17-/m0/s1. The van der Waals surface area contributed by atoms with Crippen LogP contribution in [-0.2, 0) is 0 Å². The number of hydrogen-bond donors (Lipinski definition) is 0. The van der Waals surface area contributed by atoms with Crippen LogP contribution < -0.4 is 9.64 Å². The first kappa shape index (κ1) is 17.2. The molecule has 6 heteroatoms. The van der Waals surface area contributed by atoms with Crippen LogP contribution in [0.5, 0.6) is 5.75 Å². The Balaban J connectivity index is 1.45. The van der Waals surface area contributed by atoms with Crippen molar-refractivity contribution in [1.82, 2.24) is 15.1 Å². The first-order chi connectivity index (χ1) is 12.3. The fourth-order valence-electron chi connectivity index (χ4n) is 3.17. The second kappa shape index (κ2) is 8.45. The van der Waals surface area contributed by atoms with Gasteiger partial charge in [-0.3, -0.25) is 0 Å². The van der Waals surface area contributed by atoms with E-state index in [0.29, 0.717) is 18.2 Å². The van der Waals surface area contributed by atoms with Crippen LogP contribution in [-0.4, -0.2) is 54.4 Å². The zero-order valence-electron chi connectivity index (χ0n) is 14.5. The van der Waals surface area contributed by atoms with E-state index in [1.54, 1.807) is 18.3 Å². The number of nitrogens with zero attached hydrogens (tertiary/aromatic N) is 5. The highest BCUT2D eigenvalue weighted by Crippen LogP contribution is 2.23. The molecule has 1 atom stereocenters. The zero-order chi connectivity index (χ0) is 17.5. The minimum atomic E-state index is 0.469. The van der Waals surface area contributed by atoms with Crippen molar-refractivity contribution in [3.8, 4) is 11.8 Å². The molecule has 1 aliphatic rings. The van der Waals surface area contributed by atoms with Crippen LogP contribution in [0.25, 0.3) is 0 Å². The Bertz CT molecular complexity index is 698. The van der Waals surface area contributed by atoms with E-state index in [1.165, 1.54) is 12.8 Å². The Labute approximate surface area is 148 Å². The molecule has 1 aromatic carbocycles. The van der Waals surface area contributed by atoms with Crippen molar-refractivity contribution in [3.05, 3.63) is 48.2 Å². The van der Waals surface area contributed by atoms with Crippen molar-refractivity contribution < 1.29 is 4.74 Å². The Kier molecular flexibility index (Phi) is 5.81. The summed E-state index contributed by atoms with van der Waals surface area (Å²) in [5, 5.41) is 17.0. The van der Waals surface area contributed by atoms with E-state index < -0.39 is 0 Å². The maximum atomic E-state index is 8.81. The summed E-state index contributed by atoms with van der Waals surface area (Å²) >= 11 is 0. The highest BCUT2D eigenvalue weighted by molar-refractivity contribution is 5.39. The van der Waals surface area contributed by atoms with Crippen LogP contribution in [0.3, 0.4) is 0 Å². The van der Waals surface area contributed by atoms with Gasteiger partial charge in [-0.1, -0.05) is 0 Å². The van der Waals surface area contributed by atoms with Gasteiger partial charge in [0.2, 0.25) is 0 Å². The van der Waals surface area contributed by atoms with Gasteiger partial charge in [-0.05, 0) is 56.3 Å². The third-order valence-corrected chi connectivity index (χ3v) is 4.48. The average molecular weight is 337 g/mol. The molecule has 0 bridgehead atoms. The van der Waals surface area contributed by atoms with E-state index in [-0.39, 0.29) is 0 Å². The smallest absolute Gasteiger partial charge is 0.151 e. The number of hydrogen-bond acceptors (Lipinski definition) is 6. The quantitative estimate of drug-likeness (QED) is 0.772. The molecule has 0 N–H and O–H groups in total. The molecule has 0 aliphatic carbocycles. The van der Waals surface area contributed by atoms with Gasteiger partial charge in [-0.15, -0.1) is 5.10 Å². The number of aromatic nitrogens is 2. The Morgan fingerprint density at radius 3 is 2.88 bits per heavy atom. The summed E-state index contributed by atoms with van der Waals surface area (Å²) in [6.45, 7) is 3.50. The molecular formula is C19H23N5O. The highest BCUT2D eigenvalue weighted by atomic mass is 16.5. The van der Waals surface area contributed by atoms with E-state index >= 15 is 0 Å².